The minimum absolute atomic E-state index is 1.09. The van der Waals surface area contributed by atoms with Crippen molar-refractivity contribution in [3.63, 3.8) is 0 Å². The van der Waals surface area contributed by atoms with Crippen LogP contribution in [0.1, 0.15) is 16.7 Å². The molecule has 0 spiro atoms. The predicted octanol–water partition coefficient (Wildman–Crippen LogP) is 5.64. The van der Waals surface area contributed by atoms with Gasteiger partial charge in [0.15, 0.2) is 17.5 Å². The van der Waals surface area contributed by atoms with Gasteiger partial charge in [0.05, 0.1) is 17.9 Å². The Balaban J connectivity index is 3.30. The highest BCUT2D eigenvalue weighted by atomic mass is 19.4. The van der Waals surface area contributed by atoms with E-state index in [1.54, 1.807) is 0 Å². The molecular formula is C14H2F11N. The zero-order chi connectivity index (χ0) is 20.2. The quantitative estimate of drug-likeness (QED) is 0.455. The molecule has 0 saturated heterocycles. The molecule has 0 aliphatic heterocycles. The van der Waals surface area contributed by atoms with E-state index < -0.39 is 75.3 Å². The molecule has 1 nitrogen and oxygen atoms in total. The van der Waals surface area contributed by atoms with Crippen LogP contribution >= 0.6 is 0 Å². The Labute approximate surface area is 136 Å². The number of hydrogen-bond acceptors (Lipinski definition) is 1. The lowest BCUT2D eigenvalue weighted by molar-refractivity contribution is -0.148. The fraction of sp³-hybridized carbons (Fsp3) is 0.214. The van der Waals surface area contributed by atoms with Crippen LogP contribution in [0.2, 0.25) is 0 Å². The van der Waals surface area contributed by atoms with Crippen LogP contribution in [-0.2, 0) is 18.8 Å². The first kappa shape index (κ1) is 19.7. The van der Waals surface area contributed by atoms with Gasteiger partial charge in [-0.05, 0) is 0 Å². The van der Waals surface area contributed by atoms with Gasteiger partial charge in [-0.3, -0.25) is 0 Å². The van der Waals surface area contributed by atoms with Crippen molar-refractivity contribution in [1.29, 1.82) is 5.26 Å². The molecule has 2 aromatic carbocycles. The highest BCUT2D eigenvalue weighted by Gasteiger charge is 2.48. The molecule has 2 aromatic rings. The van der Waals surface area contributed by atoms with Gasteiger partial charge in [0, 0.05) is 10.9 Å². The van der Waals surface area contributed by atoms with Crippen molar-refractivity contribution in [2.24, 2.45) is 0 Å². The summed E-state index contributed by atoms with van der Waals surface area (Å²) in [5.74, 6) is -13.5. The number of nitriles is 1. The second kappa shape index (κ2) is 6.00. The summed E-state index contributed by atoms with van der Waals surface area (Å²) >= 11 is 0. The van der Waals surface area contributed by atoms with E-state index in [4.69, 9.17) is 5.26 Å². The minimum Gasteiger partial charge on any atom is -0.206 e. The van der Waals surface area contributed by atoms with Crippen LogP contribution in [0.5, 0.6) is 0 Å². The van der Waals surface area contributed by atoms with Gasteiger partial charge >= 0.3 is 12.4 Å². The van der Waals surface area contributed by atoms with Gasteiger partial charge in [-0.2, -0.15) is 31.6 Å². The summed E-state index contributed by atoms with van der Waals surface area (Å²) in [4.78, 5) is 0. The lowest BCUT2D eigenvalue weighted by Crippen LogP contribution is -2.20. The lowest BCUT2D eigenvalue weighted by atomic mass is 9.94. The van der Waals surface area contributed by atoms with Crippen molar-refractivity contribution in [3.8, 4) is 6.07 Å². The smallest absolute Gasteiger partial charge is 0.206 e. The van der Waals surface area contributed by atoms with E-state index in [1.807, 2.05) is 0 Å². The molecule has 0 saturated carbocycles. The van der Waals surface area contributed by atoms with Gasteiger partial charge in [0.1, 0.15) is 22.8 Å². The molecule has 0 aliphatic carbocycles. The number of halogens is 11. The molecule has 0 aliphatic rings. The molecule has 0 bridgehead atoms. The Morgan fingerprint density at radius 3 is 1.54 bits per heavy atom. The van der Waals surface area contributed by atoms with E-state index in [0.717, 1.165) is 6.07 Å². The number of hydrogen-bond donors (Lipinski definition) is 0. The Hall–Kier alpha value is -2.58. The van der Waals surface area contributed by atoms with Gasteiger partial charge < -0.3 is 0 Å². The lowest BCUT2D eigenvalue weighted by Gasteiger charge is -2.19. The average molecular weight is 393 g/mol. The SMILES string of the molecule is N#CCc1c(F)c(F)c2c(F)c(C(F)(F)F)c(F)c(C(F)(F)F)c2c1F. The number of fused-ring (bicyclic) bond motifs is 1. The fourth-order valence-electron chi connectivity index (χ4n) is 2.36. The van der Waals surface area contributed by atoms with E-state index in [-0.39, 0.29) is 0 Å². The third kappa shape index (κ3) is 2.81. The van der Waals surface area contributed by atoms with Crippen LogP contribution < -0.4 is 0 Å². The van der Waals surface area contributed by atoms with Gasteiger partial charge in [-0.15, -0.1) is 0 Å². The van der Waals surface area contributed by atoms with Crippen LogP contribution in [0, 0.1) is 40.4 Å². The normalized spacial score (nSPS) is 12.5. The monoisotopic (exact) mass is 393 g/mol. The van der Waals surface area contributed by atoms with E-state index in [9.17, 15) is 48.3 Å². The van der Waals surface area contributed by atoms with Crippen molar-refractivity contribution < 1.29 is 48.3 Å². The molecule has 0 heterocycles. The molecule has 0 N–H and O–H groups in total. The maximum atomic E-state index is 14.2. The summed E-state index contributed by atoms with van der Waals surface area (Å²) in [7, 11) is 0. The maximum Gasteiger partial charge on any atom is 0.422 e. The van der Waals surface area contributed by atoms with Gasteiger partial charge in [0.2, 0.25) is 0 Å². The second-order valence-corrected chi connectivity index (χ2v) is 4.88. The standard InChI is InChI=1S/C14H2F11N/c15-8-3(1-2-26)9(16)11(18)5-4(8)6(13(20,21)22)12(19)7(10(5)17)14(23,24)25/h1H2. The Morgan fingerprint density at radius 2 is 1.12 bits per heavy atom. The van der Waals surface area contributed by atoms with Crippen LogP contribution in [0.25, 0.3) is 10.8 Å². The fourth-order valence-corrected chi connectivity index (χ4v) is 2.36. The molecule has 0 unspecified atom stereocenters. The third-order valence-corrected chi connectivity index (χ3v) is 3.36. The maximum absolute atomic E-state index is 14.2. The predicted molar refractivity (Wildman–Crippen MR) is 63.1 cm³/mol. The molecule has 26 heavy (non-hydrogen) atoms. The first-order valence-electron chi connectivity index (χ1n) is 6.26. The topological polar surface area (TPSA) is 23.8 Å². The van der Waals surface area contributed by atoms with Crippen molar-refractivity contribution in [1.82, 2.24) is 0 Å². The minimum atomic E-state index is -6.06. The highest BCUT2D eigenvalue weighted by molar-refractivity contribution is 5.90. The third-order valence-electron chi connectivity index (χ3n) is 3.36. The first-order valence-corrected chi connectivity index (χ1v) is 6.26. The molecule has 2 rings (SSSR count). The van der Waals surface area contributed by atoms with Crippen LogP contribution in [-0.4, -0.2) is 0 Å². The van der Waals surface area contributed by atoms with Gasteiger partial charge in [0.25, 0.3) is 0 Å². The second-order valence-electron chi connectivity index (χ2n) is 4.88. The molecule has 0 radical (unpaired) electrons. The van der Waals surface area contributed by atoms with E-state index in [1.165, 1.54) is 0 Å². The zero-order valence-corrected chi connectivity index (χ0v) is 11.8. The van der Waals surface area contributed by atoms with Crippen molar-refractivity contribution in [2.45, 2.75) is 18.8 Å². The molecule has 0 atom stereocenters. The van der Waals surface area contributed by atoms with Gasteiger partial charge in [-0.25, -0.2) is 22.0 Å². The Morgan fingerprint density at radius 1 is 0.615 bits per heavy atom. The molecule has 0 aromatic heterocycles. The van der Waals surface area contributed by atoms with E-state index in [0.29, 0.717) is 0 Å². The summed E-state index contributed by atoms with van der Waals surface area (Å²) in [6, 6.07) is 1.09. The van der Waals surface area contributed by atoms with Crippen LogP contribution in [0.3, 0.4) is 0 Å². The number of rotatable bonds is 1. The Bertz CT molecular complexity index is 947. The zero-order valence-electron chi connectivity index (χ0n) is 11.8. The first-order chi connectivity index (χ1) is 11.7. The molecule has 12 heteroatoms. The average Bonchev–Trinajstić information content (AvgIpc) is 2.46. The number of nitrogens with zero attached hydrogens (tertiary/aromatic N) is 1. The van der Waals surface area contributed by atoms with Crippen molar-refractivity contribution in [2.75, 3.05) is 0 Å². The summed E-state index contributed by atoms with van der Waals surface area (Å²) in [6.45, 7) is 0. The van der Waals surface area contributed by atoms with E-state index in [2.05, 4.69) is 0 Å². The van der Waals surface area contributed by atoms with Crippen molar-refractivity contribution in [3.05, 3.63) is 45.8 Å². The molecule has 140 valence electrons. The molecule has 0 fully saturated rings. The van der Waals surface area contributed by atoms with Crippen LogP contribution in [0.15, 0.2) is 0 Å². The number of benzene rings is 2. The Kier molecular flexibility index (Phi) is 4.55. The summed E-state index contributed by atoms with van der Waals surface area (Å²) in [5, 5.41) is 3.76. The van der Waals surface area contributed by atoms with Crippen LogP contribution in [0.4, 0.5) is 48.3 Å². The van der Waals surface area contributed by atoms with E-state index >= 15 is 0 Å². The summed E-state index contributed by atoms with van der Waals surface area (Å²) < 4.78 is 147. The number of alkyl halides is 6. The highest BCUT2D eigenvalue weighted by Crippen LogP contribution is 2.46. The molecular weight excluding hydrogens is 391 g/mol. The molecule has 0 amide bonds. The summed E-state index contributed by atoms with van der Waals surface area (Å²) in [5.41, 5.74) is -7.72. The van der Waals surface area contributed by atoms with Crippen molar-refractivity contribution >= 4 is 10.8 Å². The largest absolute Gasteiger partial charge is 0.422 e. The van der Waals surface area contributed by atoms with Gasteiger partial charge in [-0.1, -0.05) is 0 Å². The summed E-state index contributed by atoms with van der Waals surface area (Å²) in [6.07, 6.45) is -13.4.